The zero-order chi connectivity index (χ0) is 16.6. The second kappa shape index (κ2) is 5.98. The van der Waals surface area contributed by atoms with Gasteiger partial charge in [0.2, 0.25) is 5.75 Å². The minimum absolute atomic E-state index is 0.0206. The molecule has 1 amide bonds. The number of amides is 1. The van der Waals surface area contributed by atoms with E-state index in [1.54, 1.807) is 12.1 Å². The average Bonchev–Trinajstić information content (AvgIpc) is 3.38. The lowest BCUT2D eigenvalue weighted by atomic mass is 10.1. The molecule has 1 aromatic carbocycles. The van der Waals surface area contributed by atoms with Crippen molar-refractivity contribution in [3.05, 3.63) is 17.7 Å². The van der Waals surface area contributed by atoms with E-state index in [4.69, 9.17) is 14.2 Å². The third-order valence-electron chi connectivity index (χ3n) is 4.02. The van der Waals surface area contributed by atoms with Crippen LogP contribution < -0.4 is 14.2 Å². The van der Waals surface area contributed by atoms with E-state index in [9.17, 15) is 14.7 Å². The highest BCUT2D eigenvalue weighted by molar-refractivity contribution is 5.98. The van der Waals surface area contributed by atoms with Gasteiger partial charge in [0, 0.05) is 11.6 Å². The summed E-state index contributed by atoms with van der Waals surface area (Å²) in [6.07, 6.45) is 1.65. The molecule has 124 valence electrons. The fraction of sp³-hybridized carbons (Fsp3) is 0.500. The van der Waals surface area contributed by atoms with Crippen molar-refractivity contribution in [3.63, 3.8) is 0 Å². The van der Waals surface area contributed by atoms with Gasteiger partial charge in [-0.2, -0.15) is 0 Å². The van der Waals surface area contributed by atoms with Crippen molar-refractivity contribution >= 4 is 11.9 Å². The number of rotatable bonds is 5. The molecule has 0 saturated heterocycles. The van der Waals surface area contributed by atoms with Crippen LogP contribution in [0.25, 0.3) is 0 Å². The summed E-state index contributed by atoms with van der Waals surface area (Å²) in [4.78, 5) is 25.6. The quantitative estimate of drug-likeness (QED) is 0.885. The van der Waals surface area contributed by atoms with Gasteiger partial charge in [0.1, 0.15) is 19.3 Å². The van der Waals surface area contributed by atoms with Gasteiger partial charge in [-0.05, 0) is 31.9 Å². The number of hydrogen-bond donors (Lipinski definition) is 1. The minimum Gasteiger partial charge on any atom is -0.493 e. The molecule has 1 aliphatic heterocycles. The van der Waals surface area contributed by atoms with Gasteiger partial charge in [0.15, 0.2) is 11.5 Å². The first-order valence-corrected chi connectivity index (χ1v) is 7.56. The molecule has 1 unspecified atom stereocenters. The fourth-order valence-electron chi connectivity index (χ4n) is 2.68. The number of methoxy groups -OCH3 is 1. The lowest BCUT2D eigenvalue weighted by Gasteiger charge is -2.27. The lowest BCUT2D eigenvalue weighted by molar-refractivity contribution is -0.141. The van der Waals surface area contributed by atoms with Gasteiger partial charge in [0.25, 0.3) is 5.91 Å². The summed E-state index contributed by atoms with van der Waals surface area (Å²) >= 11 is 0. The molecule has 1 N–H and O–H groups in total. The van der Waals surface area contributed by atoms with E-state index < -0.39 is 12.0 Å². The SMILES string of the molecule is COc1cc(C(=O)N(C2CC2)C(C)C(=O)O)cc2c1OCCO2. The monoisotopic (exact) mass is 321 g/mol. The number of benzene rings is 1. The number of carbonyl (C=O) groups excluding carboxylic acids is 1. The molecule has 1 heterocycles. The van der Waals surface area contributed by atoms with Crippen molar-refractivity contribution in [1.82, 2.24) is 4.90 Å². The Kier molecular flexibility index (Phi) is 4.02. The molecule has 1 aliphatic carbocycles. The Morgan fingerprint density at radius 1 is 1.30 bits per heavy atom. The Morgan fingerprint density at radius 3 is 2.61 bits per heavy atom. The number of nitrogens with zero attached hydrogens (tertiary/aromatic N) is 1. The van der Waals surface area contributed by atoms with Gasteiger partial charge in [0.05, 0.1) is 7.11 Å². The molecular weight excluding hydrogens is 302 g/mol. The molecule has 0 radical (unpaired) electrons. The van der Waals surface area contributed by atoms with Crippen molar-refractivity contribution in [2.45, 2.75) is 31.8 Å². The molecule has 0 aromatic heterocycles. The average molecular weight is 321 g/mol. The maximum atomic E-state index is 12.8. The van der Waals surface area contributed by atoms with E-state index in [0.717, 1.165) is 12.8 Å². The Balaban J connectivity index is 1.96. The normalized spacial score (nSPS) is 17.3. The van der Waals surface area contributed by atoms with Crippen LogP contribution in [-0.2, 0) is 4.79 Å². The molecule has 7 heteroatoms. The van der Waals surface area contributed by atoms with E-state index in [0.29, 0.717) is 36.0 Å². The van der Waals surface area contributed by atoms with Crippen LogP contribution in [0.15, 0.2) is 12.1 Å². The zero-order valence-corrected chi connectivity index (χ0v) is 13.1. The van der Waals surface area contributed by atoms with Gasteiger partial charge in [-0.3, -0.25) is 4.79 Å². The highest BCUT2D eigenvalue weighted by Crippen LogP contribution is 2.41. The van der Waals surface area contributed by atoms with Gasteiger partial charge >= 0.3 is 5.97 Å². The second-order valence-corrected chi connectivity index (χ2v) is 5.66. The third-order valence-corrected chi connectivity index (χ3v) is 4.02. The van der Waals surface area contributed by atoms with E-state index in [1.807, 2.05) is 0 Å². The van der Waals surface area contributed by atoms with Gasteiger partial charge in [-0.25, -0.2) is 4.79 Å². The molecule has 3 rings (SSSR count). The third kappa shape index (κ3) is 2.91. The van der Waals surface area contributed by atoms with Crippen LogP contribution in [0, 0.1) is 0 Å². The van der Waals surface area contributed by atoms with Crippen molar-refractivity contribution < 1.29 is 28.9 Å². The number of carbonyl (C=O) groups is 2. The molecule has 1 atom stereocenters. The highest BCUT2D eigenvalue weighted by atomic mass is 16.6. The topological polar surface area (TPSA) is 85.3 Å². The number of carboxylic acid groups (broad SMARTS) is 1. The van der Waals surface area contributed by atoms with Gasteiger partial charge in [-0.1, -0.05) is 0 Å². The van der Waals surface area contributed by atoms with Crippen LogP contribution in [0.5, 0.6) is 17.2 Å². The molecule has 0 bridgehead atoms. The molecule has 0 spiro atoms. The maximum absolute atomic E-state index is 12.8. The number of fused-ring (bicyclic) bond motifs is 1. The first kappa shape index (κ1) is 15.5. The molecule has 23 heavy (non-hydrogen) atoms. The minimum atomic E-state index is -1.02. The van der Waals surface area contributed by atoms with Crippen molar-refractivity contribution in [1.29, 1.82) is 0 Å². The summed E-state index contributed by atoms with van der Waals surface area (Å²) < 4.78 is 16.3. The summed E-state index contributed by atoms with van der Waals surface area (Å²) in [5.41, 5.74) is 0.339. The largest absolute Gasteiger partial charge is 0.493 e. The van der Waals surface area contributed by atoms with Gasteiger partial charge in [-0.15, -0.1) is 0 Å². The molecule has 7 nitrogen and oxygen atoms in total. The Labute approximate surface area is 133 Å². The molecule has 1 saturated carbocycles. The van der Waals surface area contributed by atoms with Crippen molar-refractivity contribution in [3.8, 4) is 17.2 Å². The zero-order valence-electron chi connectivity index (χ0n) is 13.1. The summed E-state index contributed by atoms with van der Waals surface area (Å²) in [6, 6.07) is 2.25. The van der Waals surface area contributed by atoms with Crippen LogP contribution in [0.2, 0.25) is 0 Å². The van der Waals surface area contributed by atoms with Crippen molar-refractivity contribution in [2.24, 2.45) is 0 Å². The molecule has 1 aromatic rings. The van der Waals surface area contributed by atoms with Crippen LogP contribution in [-0.4, -0.2) is 54.3 Å². The Hall–Kier alpha value is -2.44. The smallest absolute Gasteiger partial charge is 0.326 e. The van der Waals surface area contributed by atoms with Gasteiger partial charge < -0.3 is 24.2 Å². The lowest BCUT2D eigenvalue weighted by Crippen LogP contribution is -2.44. The summed E-state index contributed by atoms with van der Waals surface area (Å²) in [7, 11) is 1.49. The number of ether oxygens (including phenoxy) is 3. The molecule has 1 fully saturated rings. The Bertz CT molecular complexity index is 622. The van der Waals surface area contributed by atoms with Crippen LogP contribution in [0.4, 0.5) is 0 Å². The highest BCUT2D eigenvalue weighted by Gasteiger charge is 2.39. The predicted octanol–water partition coefficient (Wildman–Crippen LogP) is 1.54. The summed E-state index contributed by atoms with van der Waals surface area (Å²) in [6.45, 7) is 2.33. The first-order chi connectivity index (χ1) is 11.0. The molecular formula is C16H19NO6. The predicted molar refractivity (Wildman–Crippen MR) is 80.3 cm³/mol. The number of aliphatic carboxylic acids is 1. The summed E-state index contributed by atoms with van der Waals surface area (Å²) in [5.74, 6) is -0.0334. The molecule has 2 aliphatic rings. The van der Waals surface area contributed by atoms with Crippen LogP contribution >= 0.6 is 0 Å². The van der Waals surface area contributed by atoms with Crippen molar-refractivity contribution in [2.75, 3.05) is 20.3 Å². The first-order valence-electron chi connectivity index (χ1n) is 7.56. The second-order valence-electron chi connectivity index (χ2n) is 5.66. The number of hydrogen-bond acceptors (Lipinski definition) is 5. The maximum Gasteiger partial charge on any atom is 0.326 e. The Morgan fingerprint density at radius 2 is 2.00 bits per heavy atom. The number of carboxylic acids is 1. The van der Waals surface area contributed by atoms with E-state index >= 15 is 0 Å². The van der Waals surface area contributed by atoms with Crippen LogP contribution in [0.3, 0.4) is 0 Å². The van der Waals surface area contributed by atoms with Crippen LogP contribution in [0.1, 0.15) is 30.1 Å². The van der Waals surface area contributed by atoms with E-state index in [2.05, 4.69) is 0 Å². The van der Waals surface area contributed by atoms with E-state index in [1.165, 1.54) is 18.9 Å². The standard InChI is InChI=1S/C16H19NO6/c1-9(16(19)20)17(11-3-4-11)15(18)10-7-12(21-2)14-13(8-10)22-5-6-23-14/h7-9,11H,3-6H2,1-2H3,(H,19,20). The van der Waals surface area contributed by atoms with E-state index in [-0.39, 0.29) is 11.9 Å². The summed E-state index contributed by atoms with van der Waals surface area (Å²) in [5, 5.41) is 9.25. The fourth-order valence-corrected chi connectivity index (χ4v) is 2.68.